The van der Waals surface area contributed by atoms with Crippen molar-refractivity contribution < 1.29 is 9.18 Å². The van der Waals surface area contributed by atoms with Crippen molar-refractivity contribution in [3.8, 4) is 0 Å². The standard InChI is InChI=1S/C20H32FN5O/c1-5-22-20(26-12-10-25(11-13-26)16(4)27)23-15-17-8-9-19(18(21)14-17)24(6-2)7-3/h8-9,14H,5-7,10-13,15H2,1-4H3,(H,22,23). The van der Waals surface area contributed by atoms with E-state index < -0.39 is 0 Å². The highest BCUT2D eigenvalue weighted by molar-refractivity contribution is 5.80. The third kappa shape index (κ3) is 5.58. The van der Waals surface area contributed by atoms with Crippen LogP contribution in [0.2, 0.25) is 0 Å². The van der Waals surface area contributed by atoms with Crippen LogP contribution in [0.1, 0.15) is 33.3 Å². The van der Waals surface area contributed by atoms with Gasteiger partial charge in [-0.25, -0.2) is 9.38 Å². The lowest BCUT2D eigenvalue weighted by molar-refractivity contribution is -0.130. The second-order valence-corrected chi connectivity index (χ2v) is 6.62. The topological polar surface area (TPSA) is 51.2 Å². The number of anilines is 1. The van der Waals surface area contributed by atoms with Crippen molar-refractivity contribution in [2.75, 3.05) is 50.7 Å². The molecule has 1 aliphatic rings. The lowest BCUT2D eigenvalue weighted by Crippen LogP contribution is -2.53. The SMILES string of the molecule is CCNC(=NCc1ccc(N(CC)CC)c(F)c1)N1CCN(C(C)=O)CC1. The van der Waals surface area contributed by atoms with E-state index in [1.54, 1.807) is 13.0 Å². The summed E-state index contributed by atoms with van der Waals surface area (Å²) >= 11 is 0. The zero-order valence-electron chi connectivity index (χ0n) is 17.0. The van der Waals surface area contributed by atoms with Crippen LogP contribution in [0.4, 0.5) is 10.1 Å². The molecular formula is C20H32FN5O. The van der Waals surface area contributed by atoms with E-state index in [0.717, 1.165) is 44.2 Å². The summed E-state index contributed by atoms with van der Waals surface area (Å²) in [4.78, 5) is 22.2. The quantitative estimate of drug-likeness (QED) is 0.611. The number of guanidine groups is 1. The molecule has 0 spiro atoms. The zero-order valence-corrected chi connectivity index (χ0v) is 17.0. The van der Waals surface area contributed by atoms with Crippen molar-refractivity contribution in [3.63, 3.8) is 0 Å². The first kappa shape index (κ1) is 21.0. The van der Waals surface area contributed by atoms with Crippen molar-refractivity contribution in [2.24, 2.45) is 4.99 Å². The third-order valence-electron chi connectivity index (χ3n) is 4.89. The first-order valence-electron chi connectivity index (χ1n) is 9.82. The molecule has 6 nitrogen and oxygen atoms in total. The molecule has 1 saturated heterocycles. The first-order valence-corrected chi connectivity index (χ1v) is 9.82. The predicted octanol–water partition coefficient (Wildman–Crippen LogP) is 2.30. The van der Waals surface area contributed by atoms with Gasteiger partial charge in [-0.2, -0.15) is 0 Å². The van der Waals surface area contributed by atoms with Gasteiger partial charge in [0.15, 0.2) is 5.96 Å². The van der Waals surface area contributed by atoms with Gasteiger partial charge in [0.05, 0.1) is 12.2 Å². The minimum Gasteiger partial charge on any atom is -0.370 e. The normalized spacial score (nSPS) is 15.1. The van der Waals surface area contributed by atoms with Gasteiger partial charge in [0.1, 0.15) is 5.82 Å². The van der Waals surface area contributed by atoms with Gasteiger partial charge < -0.3 is 20.0 Å². The Bertz CT molecular complexity index is 652. The lowest BCUT2D eigenvalue weighted by atomic mass is 10.2. The van der Waals surface area contributed by atoms with E-state index in [0.29, 0.717) is 25.3 Å². The minimum atomic E-state index is -0.202. The lowest BCUT2D eigenvalue weighted by Gasteiger charge is -2.36. The molecule has 0 bridgehead atoms. The molecule has 1 N–H and O–H groups in total. The number of piperazine rings is 1. The molecule has 1 aromatic carbocycles. The highest BCUT2D eigenvalue weighted by Crippen LogP contribution is 2.20. The molecule has 0 aliphatic carbocycles. The Labute approximate surface area is 162 Å². The van der Waals surface area contributed by atoms with Crippen LogP contribution in [0.25, 0.3) is 0 Å². The molecule has 1 fully saturated rings. The molecule has 1 aromatic rings. The van der Waals surface area contributed by atoms with E-state index in [1.807, 2.05) is 42.7 Å². The summed E-state index contributed by atoms with van der Waals surface area (Å²) in [7, 11) is 0. The maximum atomic E-state index is 14.5. The summed E-state index contributed by atoms with van der Waals surface area (Å²) in [6.45, 7) is 13.3. The molecule has 150 valence electrons. The number of amides is 1. The number of halogens is 1. The Morgan fingerprint density at radius 2 is 1.78 bits per heavy atom. The Morgan fingerprint density at radius 3 is 2.30 bits per heavy atom. The number of hydrogen-bond donors (Lipinski definition) is 1. The van der Waals surface area contributed by atoms with Crippen molar-refractivity contribution in [3.05, 3.63) is 29.6 Å². The van der Waals surface area contributed by atoms with E-state index in [4.69, 9.17) is 0 Å². The van der Waals surface area contributed by atoms with Gasteiger partial charge in [-0.05, 0) is 38.5 Å². The van der Waals surface area contributed by atoms with Gasteiger partial charge in [-0.15, -0.1) is 0 Å². The van der Waals surface area contributed by atoms with Crippen molar-refractivity contribution in [1.29, 1.82) is 0 Å². The van der Waals surface area contributed by atoms with Crippen LogP contribution < -0.4 is 10.2 Å². The second-order valence-electron chi connectivity index (χ2n) is 6.62. The van der Waals surface area contributed by atoms with Gasteiger partial charge in [0, 0.05) is 52.7 Å². The zero-order chi connectivity index (χ0) is 19.8. The first-order chi connectivity index (χ1) is 13.0. The van der Waals surface area contributed by atoms with Gasteiger partial charge in [-0.3, -0.25) is 4.79 Å². The van der Waals surface area contributed by atoms with Crippen molar-refractivity contribution in [2.45, 2.75) is 34.2 Å². The van der Waals surface area contributed by atoms with E-state index in [9.17, 15) is 9.18 Å². The average Bonchev–Trinajstić information content (AvgIpc) is 2.67. The van der Waals surface area contributed by atoms with Crippen LogP contribution in [-0.4, -0.2) is 67.5 Å². The largest absolute Gasteiger partial charge is 0.370 e. The number of rotatable bonds is 6. The highest BCUT2D eigenvalue weighted by Gasteiger charge is 2.20. The number of nitrogens with one attached hydrogen (secondary N) is 1. The Morgan fingerprint density at radius 1 is 1.15 bits per heavy atom. The number of benzene rings is 1. The van der Waals surface area contributed by atoms with Gasteiger partial charge in [0.25, 0.3) is 0 Å². The molecule has 1 aliphatic heterocycles. The summed E-state index contributed by atoms with van der Waals surface area (Å²) in [5.41, 5.74) is 1.49. The third-order valence-corrected chi connectivity index (χ3v) is 4.89. The Balaban J connectivity index is 2.06. The van der Waals surface area contributed by atoms with Crippen LogP contribution >= 0.6 is 0 Å². The maximum absolute atomic E-state index is 14.5. The smallest absolute Gasteiger partial charge is 0.219 e. The summed E-state index contributed by atoms with van der Waals surface area (Å²) in [5.74, 6) is 0.723. The Hall–Kier alpha value is -2.31. The second kappa shape index (κ2) is 10.1. The number of nitrogens with zero attached hydrogens (tertiary/aromatic N) is 4. The van der Waals surface area contributed by atoms with E-state index in [1.165, 1.54) is 0 Å². The van der Waals surface area contributed by atoms with Crippen molar-refractivity contribution in [1.82, 2.24) is 15.1 Å². The molecule has 2 rings (SSSR count). The number of aliphatic imine (C=N–C) groups is 1. The summed E-state index contributed by atoms with van der Waals surface area (Å²) in [5, 5.41) is 3.30. The molecule has 0 aromatic heterocycles. The molecule has 7 heteroatoms. The summed E-state index contributed by atoms with van der Waals surface area (Å²) in [6, 6.07) is 5.36. The molecule has 27 heavy (non-hydrogen) atoms. The van der Waals surface area contributed by atoms with E-state index in [2.05, 4.69) is 15.2 Å². The van der Waals surface area contributed by atoms with Crippen LogP contribution in [0, 0.1) is 5.82 Å². The molecule has 0 radical (unpaired) electrons. The summed E-state index contributed by atoms with van der Waals surface area (Å²) < 4.78 is 14.5. The van der Waals surface area contributed by atoms with Crippen LogP contribution in [0.3, 0.4) is 0 Å². The molecule has 1 amide bonds. The number of carbonyl (C=O) groups excluding carboxylic acids is 1. The fraction of sp³-hybridized carbons (Fsp3) is 0.600. The minimum absolute atomic E-state index is 0.111. The molecule has 0 saturated carbocycles. The molecule has 0 unspecified atom stereocenters. The fourth-order valence-electron chi connectivity index (χ4n) is 3.29. The highest BCUT2D eigenvalue weighted by atomic mass is 19.1. The summed E-state index contributed by atoms with van der Waals surface area (Å²) in [6.07, 6.45) is 0. The number of carbonyl (C=O) groups is 1. The maximum Gasteiger partial charge on any atom is 0.219 e. The molecular weight excluding hydrogens is 345 g/mol. The van der Waals surface area contributed by atoms with Crippen molar-refractivity contribution >= 4 is 17.6 Å². The van der Waals surface area contributed by atoms with Gasteiger partial charge >= 0.3 is 0 Å². The molecule has 0 atom stereocenters. The van der Waals surface area contributed by atoms with Crippen LogP contribution in [-0.2, 0) is 11.3 Å². The van der Waals surface area contributed by atoms with Crippen LogP contribution in [0.5, 0.6) is 0 Å². The predicted molar refractivity (Wildman–Crippen MR) is 109 cm³/mol. The van der Waals surface area contributed by atoms with Gasteiger partial charge in [0.2, 0.25) is 5.91 Å². The Kier molecular flexibility index (Phi) is 7.88. The number of hydrogen-bond acceptors (Lipinski definition) is 3. The fourth-order valence-corrected chi connectivity index (χ4v) is 3.29. The van der Waals surface area contributed by atoms with E-state index in [-0.39, 0.29) is 11.7 Å². The molecule has 1 heterocycles. The van der Waals surface area contributed by atoms with Crippen LogP contribution in [0.15, 0.2) is 23.2 Å². The van der Waals surface area contributed by atoms with Gasteiger partial charge in [-0.1, -0.05) is 6.07 Å². The van der Waals surface area contributed by atoms with E-state index >= 15 is 0 Å². The average molecular weight is 378 g/mol. The monoisotopic (exact) mass is 377 g/mol.